The van der Waals surface area contributed by atoms with Crippen molar-refractivity contribution >= 4 is 18.1 Å². The number of azo groups is 1. The van der Waals surface area contributed by atoms with Crippen molar-refractivity contribution in [1.29, 1.82) is 0 Å². The minimum atomic E-state index is -4.58. The molecule has 1 aromatic rings. The van der Waals surface area contributed by atoms with E-state index in [0.29, 0.717) is 0 Å². The van der Waals surface area contributed by atoms with Gasteiger partial charge in [-0.15, -0.1) is 16.9 Å². The summed E-state index contributed by atoms with van der Waals surface area (Å²) >= 11 is 0.114. The van der Waals surface area contributed by atoms with Crippen molar-refractivity contribution in [3.05, 3.63) is 39.4 Å². The molecule has 0 radical (unpaired) electrons. The zero-order valence-corrected chi connectivity index (χ0v) is 11.8. The average molecular weight is 354 g/mol. The fraction of sp³-hybridized carbons (Fsp3) is 0.364. The molecule has 2 rings (SSSR count). The minimum Gasteiger partial charge on any atom is -0.260 e. The third-order valence-electron chi connectivity index (χ3n) is 2.77. The fourth-order valence-electron chi connectivity index (χ4n) is 1.77. The molecule has 1 unspecified atom stereocenters. The summed E-state index contributed by atoms with van der Waals surface area (Å²) in [7, 11) is 0. The van der Waals surface area contributed by atoms with Gasteiger partial charge in [0.2, 0.25) is 0 Å². The smallest absolute Gasteiger partial charge is 0.260 e. The summed E-state index contributed by atoms with van der Waals surface area (Å²) in [5, 5.41) is 17.8. The number of aliphatic imine (C=N–C) groups is 1. The fourth-order valence-corrected chi connectivity index (χ4v) is 2.62. The summed E-state index contributed by atoms with van der Waals surface area (Å²) in [5.74, 6) is -3.76. The van der Waals surface area contributed by atoms with Crippen molar-refractivity contribution in [2.75, 3.05) is 5.75 Å². The number of alkyl halides is 5. The number of nitro groups is 1. The normalized spacial score (nSPS) is 20.4. The lowest BCUT2D eigenvalue weighted by molar-refractivity contribution is -0.575. The highest BCUT2D eigenvalue weighted by Crippen LogP contribution is 2.39. The van der Waals surface area contributed by atoms with E-state index < -0.39 is 39.5 Å². The molecule has 1 aromatic carbocycles. The van der Waals surface area contributed by atoms with Gasteiger partial charge < -0.3 is 0 Å². The van der Waals surface area contributed by atoms with Crippen LogP contribution in [0.3, 0.4) is 0 Å². The second-order valence-electron chi connectivity index (χ2n) is 4.31. The maximum absolute atomic E-state index is 12.9. The molecule has 1 aliphatic rings. The van der Waals surface area contributed by atoms with Crippen LogP contribution in [0, 0.1) is 10.1 Å². The molecule has 0 aliphatic carbocycles. The first kappa shape index (κ1) is 17.2. The van der Waals surface area contributed by atoms with Crippen LogP contribution in [0.4, 0.5) is 22.0 Å². The molecule has 12 heteroatoms. The van der Waals surface area contributed by atoms with Crippen LogP contribution in [-0.2, 0) is 5.79 Å². The van der Waals surface area contributed by atoms with Gasteiger partial charge in [0.1, 0.15) is 6.34 Å². The Balaban J connectivity index is 2.46. The molecule has 0 spiro atoms. The lowest BCUT2D eigenvalue weighted by atomic mass is 10.1. The maximum Gasteiger partial charge on any atom is 0.457 e. The molecule has 0 bridgehead atoms. The number of rotatable bonds is 5. The van der Waals surface area contributed by atoms with E-state index in [1.54, 1.807) is 0 Å². The highest BCUT2D eigenvalue weighted by molar-refractivity contribution is 7.99. The van der Waals surface area contributed by atoms with Gasteiger partial charge in [-0.25, -0.2) is 8.78 Å². The van der Waals surface area contributed by atoms with E-state index in [0.717, 1.165) is 24.5 Å². The van der Waals surface area contributed by atoms with Gasteiger partial charge in [-0.05, 0) is 12.1 Å². The Morgan fingerprint density at radius 3 is 2.52 bits per heavy atom. The van der Waals surface area contributed by atoms with Gasteiger partial charge in [-0.2, -0.15) is 18.2 Å². The van der Waals surface area contributed by atoms with Gasteiger partial charge in [0.25, 0.3) is 6.43 Å². The third kappa shape index (κ3) is 3.63. The molecule has 23 heavy (non-hydrogen) atoms. The maximum atomic E-state index is 12.9. The number of benzene rings is 1. The molecule has 0 saturated carbocycles. The SMILES string of the molecule is O=[N+]([O-])C1(c2ccc(C(F)F)c(SCC(F)(F)F)c2)N=CN=N1. The lowest BCUT2D eigenvalue weighted by Crippen LogP contribution is -2.29. The molecule has 124 valence electrons. The Kier molecular flexibility index (Phi) is 4.63. The van der Waals surface area contributed by atoms with Crippen molar-refractivity contribution < 1.29 is 26.9 Å². The van der Waals surface area contributed by atoms with E-state index in [2.05, 4.69) is 15.2 Å². The predicted octanol–water partition coefficient (Wildman–Crippen LogP) is 4.16. The standard InChI is InChI=1S/C11H7F5N4O2S/c12-9(13)7-2-1-6(3-8(7)23-4-10(14,15)16)11(20(21)22)17-5-18-19-11/h1-3,5,9H,4H2. The first-order chi connectivity index (χ1) is 10.7. The molecule has 6 nitrogen and oxygen atoms in total. The summed E-state index contributed by atoms with van der Waals surface area (Å²) in [5.41, 5.74) is -0.908. The second-order valence-corrected chi connectivity index (χ2v) is 5.33. The van der Waals surface area contributed by atoms with Crippen molar-refractivity contribution in [2.45, 2.75) is 23.3 Å². The molecule has 0 saturated heterocycles. The zero-order chi connectivity index (χ0) is 17.3. The minimum absolute atomic E-state index is 0.114. The van der Waals surface area contributed by atoms with Crippen LogP contribution in [0.25, 0.3) is 0 Å². The number of hydrogen-bond donors (Lipinski definition) is 0. The summed E-state index contributed by atoms with van der Waals surface area (Å²) in [4.78, 5) is 13.3. The quantitative estimate of drug-likeness (QED) is 0.345. The van der Waals surface area contributed by atoms with Crippen molar-refractivity contribution in [1.82, 2.24) is 0 Å². The Bertz CT molecular complexity index is 665. The number of hydrogen-bond acceptors (Lipinski definition) is 6. The van der Waals surface area contributed by atoms with Crippen LogP contribution in [-0.4, -0.2) is 23.2 Å². The highest BCUT2D eigenvalue weighted by atomic mass is 32.2. The summed E-state index contributed by atoms with van der Waals surface area (Å²) in [6.45, 7) is 0. The molecule has 1 aliphatic heterocycles. The summed E-state index contributed by atoms with van der Waals surface area (Å²) in [6.07, 6.45) is -6.79. The Hall–Kier alpha value is -2.11. The van der Waals surface area contributed by atoms with Gasteiger partial charge in [0.05, 0.1) is 16.2 Å². The molecular weight excluding hydrogens is 347 g/mol. The van der Waals surface area contributed by atoms with E-state index in [1.165, 1.54) is 0 Å². The van der Waals surface area contributed by atoms with E-state index in [4.69, 9.17) is 0 Å². The molecule has 0 amide bonds. The topological polar surface area (TPSA) is 80.2 Å². The number of nitrogens with zero attached hydrogens (tertiary/aromatic N) is 4. The van der Waals surface area contributed by atoms with Gasteiger partial charge in [-0.3, -0.25) is 10.1 Å². The third-order valence-corrected chi connectivity index (χ3v) is 3.90. The predicted molar refractivity (Wildman–Crippen MR) is 70.2 cm³/mol. The monoisotopic (exact) mass is 354 g/mol. The van der Waals surface area contributed by atoms with Crippen molar-refractivity contribution in [2.24, 2.45) is 15.2 Å². The highest BCUT2D eigenvalue weighted by Gasteiger charge is 2.48. The Labute approximate surface area is 129 Å². The van der Waals surface area contributed by atoms with Gasteiger partial charge >= 0.3 is 12.0 Å². The largest absolute Gasteiger partial charge is 0.457 e. The Morgan fingerprint density at radius 1 is 1.35 bits per heavy atom. The van der Waals surface area contributed by atoms with E-state index in [9.17, 15) is 32.1 Å². The number of halogens is 5. The first-order valence-corrected chi connectivity index (χ1v) is 6.86. The first-order valence-electron chi connectivity index (χ1n) is 5.88. The molecule has 1 atom stereocenters. The lowest BCUT2D eigenvalue weighted by Gasteiger charge is -2.16. The van der Waals surface area contributed by atoms with E-state index >= 15 is 0 Å². The second kappa shape index (κ2) is 6.18. The van der Waals surface area contributed by atoms with Crippen molar-refractivity contribution in [3.63, 3.8) is 0 Å². The van der Waals surface area contributed by atoms with E-state index in [1.807, 2.05) is 0 Å². The van der Waals surface area contributed by atoms with Crippen LogP contribution in [0.5, 0.6) is 0 Å². The van der Waals surface area contributed by atoms with Crippen LogP contribution in [0.1, 0.15) is 17.6 Å². The van der Waals surface area contributed by atoms with Crippen LogP contribution < -0.4 is 0 Å². The Morgan fingerprint density at radius 2 is 2.04 bits per heavy atom. The van der Waals surface area contributed by atoms with Gasteiger partial charge in [0.15, 0.2) is 0 Å². The zero-order valence-electron chi connectivity index (χ0n) is 11.0. The molecule has 0 fully saturated rings. The average Bonchev–Trinajstić information content (AvgIpc) is 2.94. The van der Waals surface area contributed by atoms with Crippen molar-refractivity contribution in [3.8, 4) is 0 Å². The molecule has 0 N–H and O–H groups in total. The van der Waals surface area contributed by atoms with E-state index in [-0.39, 0.29) is 17.3 Å². The molecule has 0 aromatic heterocycles. The summed E-state index contributed by atoms with van der Waals surface area (Å²) in [6, 6.07) is 2.67. The van der Waals surface area contributed by atoms with Crippen LogP contribution in [0.2, 0.25) is 0 Å². The molecular formula is C11H7F5N4O2S. The van der Waals surface area contributed by atoms with Crippen LogP contribution in [0.15, 0.2) is 38.3 Å². The number of thioether (sulfide) groups is 1. The molecule has 1 heterocycles. The van der Waals surface area contributed by atoms with Crippen LogP contribution >= 0.6 is 11.8 Å². The van der Waals surface area contributed by atoms with Gasteiger partial charge in [0, 0.05) is 10.5 Å². The van der Waals surface area contributed by atoms with Gasteiger partial charge in [-0.1, -0.05) is 11.2 Å². The summed E-state index contributed by atoms with van der Waals surface area (Å²) < 4.78 is 62.7.